The van der Waals surface area contributed by atoms with E-state index in [-0.39, 0.29) is 11.9 Å². The lowest BCUT2D eigenvalue weighted by Gasteiger charge is -2.21. The van der Waals surface area contributed by atoms with Crippen LogP contribution in [0, 0.1) is 0 Å². The van der Waals surface area contributed by atoms with E-state index >= 15 is 0 Å². The molecule has 0 fully saturated rings. The molecule has 0 bridgehead atoms. The van der Waals surface area contributed by atoms with Crippen LogP contribution < -0.4 is 15.5 Å². The Balaban J connectivity index is 2.29. The average molecular weight is 428 g/mol. The number of rotatable bonds is 7. The predicted molar refractivity (Wildman–Crippen MR) is 122 cm³/mol. The minimum Gasteiger partial charge on any atom is -0.462 e. The van der Waals surface area contributed by atoms with E-state index in [2.05, 4.69) is 30.3 Å². The van der Waals surface area contributed by atoms with Gasteiger partial charge >= 0.3 is 12.0 Å². The van der Waals surface area contributed by atoms with E-state index in [1.165, 1.54) is 18.0 Å². The second kappa shape index (κ2) is 10.1. The number of anilines is 2. The van der Waals surface area contributed by atoms with E-state index < -0.39 is 14.0 Å². The SMILES string of the molecule is CNC(=O)N(C)c1ccc(C(=O)OCC[Si](C)(C)C)cc1NC(=O)c1ccccc1. The van der Waals surface area contributed by atoms with Crippen molar-refractivity contribution in [3.63, 3.8) is 0 Å². The third-order valence-corrected chi connectivity index (χ3v) is 6.19. The number of nitrogens with one attached hydrogen (secondary N) is 2. The fourth-order valence-corrected chi connectivity index (χ4v) is 3.36. The second-order valence-electron chi connectivity index (χ2n) is 8.11. The Morgan fingerprint density at radius 1 is 1.00 bits per heavy atom. The van der Waals surface area contributed by atoms with Crippen molar-refractivity contribution in [2.24, 2.45) is 0 Å². The minimum absolute atomic E-state index is 0.308. The summed E-state index contributed by atoms with van der Waals surface area (Å²) in [6, 6.07) is 14.0. The minimum atomic E-state index is -1.32. The number of ether oxygens (including phenoxy) is 1. The van der Waals surface area contributed by atoms with Crippen molar-refractivity contribution in [2.45, 2.75) is 25.7 Å². The Hall–Kier alpha value is -3.13. The molecular weight excluding hydrogens is 398 g/mol. The van der Waals surface area contributed by atoms with Gasteiger partial charge in [0.15, 0.2) is 0 Å². The van der Waals surface area contributed by atoms with Gasteiger partial charge in [0.2, 0.25) is 0 Å². The first-order valence-electron chi connectivity index (χ1n) is 9.75. The molecule has 0 radical (unpaired) electrons. The highest BCUT2D eigenvalue weighted by atomic mass is 28.3. The predicted octanol–water partition coefficient (Wildman–Crippen LogP) is 4.21. The van der Waals surface area contributed by atoms with Crippen LogP contribution in [0.15, 0.2) is 48.5 Å². The molecule has 0 aliphatic rings. The molecule has 0 saturated heterocycles. The molecule has 0 aliphatic heterocycles. The number of esters is 1. The number of amides is 3. The lowest BCUT2D eigenvalue weighted by atomic mass is 10.1. The van der Waals surface area contributed by atoms with Crippen molar-refractivity contribution < 1.29 is 19.1 Å². The lowest BCUT2D eigenvalue weighted by molar-refractivity contribution is 0.0525. The van der Waals surface area contributed by atoms with E-state index in [0.717, 1.165) is 6.04 Å². The number of hydrogen-bond donors (Lipinski definition) is 2. The molecule has 2 aromatic rings. The van der Waals surface area contributed by atoms with Crippen LogP contribution in [0.3, 0.4) is 0 Å². The summed E-state index contributed by atoms with van der Waals surface area (Å²) in [6.07, 6.45) is 0. The van der Waals surface area contributed by atoms with Crippen molar-refractivity contribution in [3.8, 4) is 0 Å². The molecule has 0 spiro atoms. The summed E-state index contributed by atoms with van der Waals surface area (Å²) in [6.45, 7) is 6.99. The maximum absolute atomic E-state index is 12.7. The van der Waals surface area contributed by atoms with Crippen LogP contribution in [0.1, 0.15) is 20.7 Å². The Morgan fingerprint density at radius 3 is 2.27 bits per heavy atom. The van der Waals surface area contributed by atoms with Gasteiger partial charge in [0.1, 0.15) is 0 Å². The number of nitrogens with zero attached hydrogens (tertiary/aromatic N) is 1. The fourth-order valence-electron chi connectivity index (χ4n) is 2.65. The molecule has 160 valence electrons. The molecule has 0 saturated carbocycles. The van der Waals surface area contributed by atoms with Gasteiger partial charge in [0.25, 0.3) is 5.91 Å². The fraction of sp³-hybridized carbons (Fsp3) is 0.318. The molecule has 0 atom stereocenters. The molecule has 0 unspecified atom stereocenters. The van der Waals surface area contributed by atoms with E-state index in [9.17, 15) is 14.4 Å². The van der Waals surface area contributed by atoms with Crippen LogP contribution in [0.25, 0.3) is 0 Å². The first kappa shape index (κ1) is 23.1. The maximum Gasteiger partial charge on any atom is 0.338 e. The van der Waals surface area contributed by atoms with Crippen molar-refractivity contribution in [1.29, 1.82) is 0 Å². The van der Waals surface area contributed by atoms with Crippen LogP contribution in [0.5, 0.6) is 0 Å². The van der Waals surface area contributed by atoms with Gasteiger partial charge in [0.05, 0.1) is 23.5 Å². The summed E-state index contributed by atoms with van der Waals surface area (Å²) in [4.78, 5) is 38.6. The largest absolute Gasteiger partial charge is 0.462 e. The van der Waals surface area contributed by atoms with Gasteiger partial charge in [-0.1, -0.05) is 37.8 Å². The first-order chi connectivity index (χ1) is 14.1. The van der Waals surface area contributed by atoms with Crippen molar-refractivity contribution in [3.05, 3.63) is 59.7 Å². The molecule has 0 aromatic heterocycles. The maximum atomic E-state index is 12.7. The normalized spacial score (nSPS) is 10.8. The van der Waals surface area contributed by atoms with Crippen LogP contribution >= 0.6 is 0 Å². The standard InChI is InChI=1S/C22H29N3O4Si/c1-23-22(28)25(2)19-12-11-17(21(27)29-13-14-30(3,4)5)15-18(19)24-20(26)16-9-7-6-8-10-16/h6-12,15H,13-14H2,1-5H3,(H,23,28)(H,24,26). The number of carbonyl (C=O) groups excluding carboxylic acids is 3. The van der Waals surface area contributed by atoms with Gasteiger partial charge in [0, 0.05) is 27.7 Å². The van der Waals surface area contributed by atoms with Crippen molar-refractivity contribution >= 4 is 37.4 Å². The summed E-state index contributed by atoms with van der Waals surface area (Å²) in [5.74, 6) is -0.802. The zero-order valence-electron chi connectivity index (χ0n) is 18.1. The monoisotopic (exact) mass is 427 g/mol. The smallest absolute Gasteiger partial charge is 0.338 e. The van der Waals surface area contributed by atoms with E-state index in [4.69, 9.17) is 4.74 Å². The second-order valence-corrected chi connectivity index (χ2v) is 13.7. The summed E-state index contributed by atoms with van der Waals surface area (Å²) >= 11 is 0. The molecular formula is C22H29N3O4Si. The molecule has 2 N–H and O–H groups in total. The molecule has 3 amide bonds. The molecule has 0 heterocycles. The van der Waals surface area contributed by atoms with Crippen LogP contribution in [0.2, 0.25) is 25.7 Å². The summed E-state index contributed by atoms with van der Waals surface area (Å²) in [7, 11) is 1.78. The summed E-state index contributed by atoms with van der Waals surface area (Å²) < 4.78 is 5.41. The van der Waals surface area contributed by atoms with E-state index in [0.29, 0.717) is 29.1 Å². The van der Waals surface area contributed by atoms with Gasteiger partial charge in [-0.15, -0.1) is 0 Å². The Bertz CT molecular complexity index is 910. The molecule has 8 heteroatoms. The average Bonchev–Trinajstić information content (AvgIpc) is 2.72. The summed E-state index contributed by atoms with van der Waals surface area (Å²) in [5.41, 5.74) is 1.57. The number of carbonyl (C=O) groups is 3. The Kier molecular flexibility index (Phi) is 7.77. The van der Waals surface area contributed by atoms with Gasteiger partial charge in [-0.05, 0) is 36.4 Å². The molecule has 2 rings (SSSR count). The molecule has 30 heavy (non-hydrogen) atoms. The third-order valence-electron chi connectivity index (χ3n) is 4.48. The van der Waals surface area contributed by atoms with Crippen LogP contribution in [-0.2, 0) is 4.74 Å². The zero-order valence-corrected chi connectivity index (χ0v) is 19.1. The molecule has 2 aromatic carbocycles. The van der Waals surface area contributed by atoms with Crippen LogP contribution in [0.4, 0.5) is 16.2 Å². The van der Waals surface area contributed by atoms with E-state index in [1.807, 2.05) is 6.07 Å². The van der Waals surface area contributed by atoms with Gasteiger partial charge in [-0.3, -0.25) is 9.69 Å². The quantitative estimate of drug-likeness (QED) is 0.512. The highest BCUT2D eigenvalue weighted by Gasteiger charge is 2.19. The zero-order chi connectivity index (χ0) is 22.3. The van der Waals surface area contributed by atoms with Gasteiger partial charge in [-0.25, -0.2) is 9.59 Å². The topological polar surface area (TPSA) is 87.7 Å². The van der Waals surface area contributed by atoms with Crippen LogP contribution in [-0.4, -0.2) is 46.7 Å². The van der Waals surface area contributed by atoms with Gasteiger partial charge in [-0.2, -0.15) is 0 Å². The van der Waals surface area contributed by atoms with Crippen molar-refractivity contribution in [2.75, 3.05) is 30.9 Å². The highest BCUT2D eigenvalue weighted by Crippen LogP contribution is 2.28. The highest BCUT2D eigenvalue weighted by molar-refractivity contribution is 6.76. The number of hydrogen-bond acceptors (Lipinski definition) is 4. The molecule has 7 nitrogen and oxygen atoms in total. The number of urea groups is 1. The third kappa shape index (κ3) is 6.45. The van der Waals surface area contributed by atoms with E-state index in [1.54, 1.807) is 43.4 Å². The summed E-state index contributed by atoms with van der Waals surface area (Å²) in [5, 5.41) is 5.34. The Labute approximate surface area is 178 Å². The Morgan fingerprint density at radius 2 is 1.67 bits per heavy atom. The van der Waals surface area contributed by atoms with Gasteiger partial charge < -0.3 is 15.4 Å². The molecule has 0 aliphatic carbocycles. The number of benzene rings is 2. The first-order valence-corrected chi connectivity index (χ1v) is 13.5. The lowest BCUT2D eigenvalue weighted by Crippen LogP contribution is -2.35. The van der Waals surface area contributed by atoms with Crippen molar-refractivity contribution in [1.82, 2.24) is 5.32 Å².